The van der Waals surface area contributed by atoms with Gasteiger partial charge in [0.05, 0.1) is 5.76 Å². The molecule has 1 nitrogen and oxygen atoms in total. The lowest BCUT2D eigenvalue weighted by molar-refractivity contribution is 0.110. The van der Waals surface area contributed by atoms with Crippen LogP contribution in [0.3, 0.4) is 0 Å². The van der Waals surface area contributed by atoms with Crippen molar-refractivity contribution in [2.24, 2.45) is 5.92 Å². The Kier molecular flexibility index (Phi) is 4.85. The standard InChI is InChI=1S/C15H24O/c1-6-7-14-10-12(4)15(13(5)16-14)9-8-11(2)3/h6-7,12,14H,2,8-10H2,1,3-5H3/b7-6+/t12-,14-/m0/s1. The molecule has 0 aromatic heterocycles. The van der Waals surface area contributed by atoms with Crippen molar-refractivity contribution in [3.05, 3.63) is 35.6 Å². The molecular weight excluding hydrogens is 196 g/mol. The average molecular weight is 220 g/mol. The van der Waals surface area contributed by atoms with E-state index in [-0.39, 0.29) is 6.10 Å². The Morgan fingerprint density at radius 2 is 2.25 bits per heavy atom. The molecular formula is C15H24O. The lowest BCUT2D eigenvalue weighted by Crippen LogP contribution is -2.22. The van der Waals surface area contributed by atoms with E-state index in [9.17, 15) is 0 Å². The van der Waals surface area contributed by atoms with Crippen LogP contribution < -0.4 is 0 Å². The van der Waals surface area contributed by atoms with Crippen LogP contribution >= 0.6 is 0 Å². The number of hydrogen-bond acceptors (Lipinski definition) is 1. The zero-order valence-electron chi connectivity index (χ0n) is 11.0. The van der Waals surface area contributed by atoms with Gasteiger partial charge in [-0.1, -0.05) is 18.6 Å². The van der Waals surface area contributed by atoms with Crippen molar-refractivity contribution in [2.75, 3.05) is 0 Å². The van der Waals surface area contributed by atoms with Gasteiger partial charge in [0.15, 0.2) is 0 Å². The molecule has 0 unspecified atom stereocenters. The highest BCUT2D eigenvalue weighted by molar-refractivity contribution is 5.16. The predicted molar refractivity (Wildman–Crippen MR) is 70.2 cm³/mol. The Morgan fingerprint density at radius 1 is 1.56 bits per heavy atom. The van der Waals surface area contributed by atoms with E-state index >= 15 is 0 Å². The molecule has 1 heteroatoms. The Balaban J connectivity index is 2.68. The van der Waals surface area contributed by atoms with Crippen LogP contribution in [0.5, 0.6) is 0 Å². The molecule has 0 aliphatic carbocycles. The van der Waals surface area contributed by atoms with Crippen molar-refractivity contribution in [3.8, 4) is 0 Å². The molecule has 0 saturated carbocycles. The van der Waals surface area contributed by atoms with Gasteiger partial charge < -0.3 is 4.74 Å². The van der Waals surface area contributed by atoms with Crippen LogP contribution in [-0.2, 0) is 4.74 Å². The molecule has 0 N–H and O–H groups in total. The maximum atomic E-state index is 5.91. The minimum absolute atomic E-state index is 0.272. The van der Waals surface area contributed by atoms with E-state index in [4.69, 9.17) is 4.74 Å². The summed E-state index contributed by atoms with van der Waals surface area (Å²) in [7, 11) is 0. The fraction of sp³-hybridized carbons (Fsp3) is 0.600. The molecule has 16 heavy (non-hydrogen) atoms. The van der Waals surface area contributed by atoms with Crippen molar-refractivity contribution in [2.45, 2.75) is 53.1 Å². The monoisotopic (exact) mass is 220 g/mol. The molecule has 0 fully saturated rings. The lowest BCUT2D eigenvalue weighted by Gasteiger charge is -2.30. The topological polar surface area (TPSA) is 9.23 Å². The molecule has 1 heterocycles. The maximum Gasteiger partial charge on any atom is 0.117 e. The second-order valence-electron chi connectivity index (χ2n) is 4.86. The van der Waals surface area contributed by atoms with Gasteiger partial charge in [-0.2, -0.15) is 0 Å². The number of allylic oxidation sites excluding steroid dienone is 4. The highest BCUT2D eigenvalue weighted by atomic mass is 16.5. The van der Waals surface area contributed by atoms with Crippen LogP contribution in [0.1, 0.15) is 47.0 Å². The number of hydrogen-bond donors (Lipinski definition) is 0. The van der Waals surface area contributed by atoms with Crippen LogP contribution in [0.15, 0.2) is 35.6 Å². The Hall–Kier alpha value is -0.980. The van der Waals surface area contributed by atoms with Gasteiger partial charge in [0, 0.05) is 0 Å². The summed E-state index contributed by atoms with van der Waals surface area (Å²) in [5.41, 5.74) is 2.73. The summed E-state index contributed by atoms with van der Waals surface area (Å²) in [6.45, 7) is 12.5. The first-order chi connectivity index (χ1) is 7.54. The van der Waals surface area contributed by atoms with E-state index in [0.29, 0.717) is 5.92 Å². The lowest BCUT2D eigenvalue weighted by atomic mass is 9.87. The molecule has 0 radical (unpaired) electrons. The van der Waals surface area contributed by atoms with Gasteiger partial charge in [0.1, 0.15) is 6.10 Å². The largest absolute Gasteiger partial charge is 0.491 e. The van der Waals surface area contributed by atoms with Crippen LogP contribution in [0.4, 0.5) is 0 Å². The van der Waals surface area contributed by atoms with Crippen molar-refractivity contribution < 1.29 is 4.74 Å². The van der Waals surface area contributed by atoms with Gasteiger partial charge in [0.2, 0.25) is 0 Å². The minimum atomic E-state index is 0.272. The molecule has 0 saturated heterocycles. The first-order valence-electron chi connectivity index (χ1n) is 6.18. The molecule has 0 amide bonds. The summed E-state index contributed by atoms with van der Waals surface area (Å²) < 4.78 is 5.91. The number of ether oxygens (including phenoxy) is 1. The normalized spacial score (nSPS) is 26.0. The van der Waals surface area contributed by atoms with Gasteiger partial charge in [-0.15, -0.1) is 6.58 Å². The third kappa shape index (κ3) is 3.55. The van der Waals surface area contributed by atoms with Crippen LogP contribution in [0.25, 0.3) is 0 Å². The molecule has 0 aromatic carbocycles. The molecule has 1 aliphatic heterocycles. The minimum Gasteiger partial charge on any atom is -0.491 e. The van der Waals surface area contributed by atoms with Crippen molar-refractivity contribution in [1.82, 2.24) is 0 Å². The summed E-state index contributed by atoms with van der Waals surface area (Å²) in [5.74, 6) is 1.76. The fourth-order valence-electron chi connectivity index (χ4n) is 2.29. The summed E-state index contributed by atoms with van der Waals surface area (Å²) in [6.07, 6.45) is 7.78. The molecule has 90 valence electrons. The van der Waals surface area contributed by atoms with Gasteiger partial charge in [0.25, 0.3) is 0 Å². The molecule has 0 spiro atoms. The zero-order chi connectivity index (χ0) is 12.1. The van der Waals surface area contributed by atoms with Gasteiger partial charge >= 0.3 is 0 Å². The van der Waals surface area contributed by atoms with Crippen molar-refractivity contribution in [3.63, 3.8) is 0 Å². The molecule has 1 aliphatic rings. The first-order valence-corrected chi connectivity index (χ1v) is 6.18. The first kappa shape index (κ1) is 13.1. The van der Waals surface area contributed by atoms with Crippen molar-refractivity contribution in [1.29, 1.82) is 0 Å². The second-order valence-corrected chi connectivity index (χ2v) is 4.86. The summed E-state index contributed by atoms with van der Waals surface area (Å²) >= 11 is 0. The van der Waals surface area contributed by atoms with Crippen LogP contribution in [-0.4, -0.2) is 6.10 Å². The predicted octanol–water partition coefficient (Wildman–Crippen LogP) is 4.62. The van der Waals surface area contributed by atoms with E-state index in [0.717, 1.165) is 25.0 Å². The van der Waals surface area contributed by atoms with Gasteiger partial charge in [-0.3, -0.25) is 0 Å². The van der Waals surface area contributed by atoms with Gasteiger partial charge in [-0.25, -0.2) is 0 Å². The van der Waals surface area contributed by atoms with E-state index < -0.39 is 0 Å². The SMILES string of the molecule is C=C(C)CCC1=C(C)O[C@@H](/C=C/C)C[C@@H]1C. The quantitative estimate of drug-likeness (QED) is 0.628. The third-order valence-corrected chi connectivity index (χ3v) is 3.19. The summed E-state index contributed by atoms with van der Waals surface area (Å²) in [4.78, 5) is 0. The van der Waals surface area contributed by atoms with Crippen LogP contribution in [0, 0.1) is 5.92 Å². The summed E-state index contributed by atoms with van der Waals surface area (Å²) in [6, 6.07) is 0. The Morgan fingerprint density at radius 3 is 2.75 bits per heavy atom. The average Bonchev–Trinajstić information content (AvgIpc) is 2.16. The van der Waals surface area contributed by atoms with Crippen molar-refractivity contribution >= 4 is 0 Å². The van der Waals surface area contributed by atoms with Crippen LogP contribution in [0.2, 0.25) is 0 Å². The van der Waals surface area contributed by atoms with Gasteiger partial charge in [-0.05, 0) is 57.6 Å². The molecule has 2 atom stereocenters. The molecule has 0 aromatic rings. The molecule has 1 rings (SSSR count). The zero-order valence-corrected chi connectivity index (χ0v) is 11.0. The van der Waals surface area contributed by atoms with E-state index in [1.807, 2.05) is 6.92 Å². The Labute approximate surface area is 99.9 Å². The van der Waals surface area contributed by atoms with E-state index in [2.05, 4.69) is 39.5 Å². The maximum absolute atomic E-state index is 5.91. The number of rotatable bonds is 4. The summed E-state index contributed by atoms with van der Waals surface area (Å²) in [5, 5.41) is 0. The third-order valence-electron chi connectivity index (χ3n) is 3.19. The van der Waals surface area contributed by atoms with E-state index in [1.165, 1.54) is 11.1 Å². The Bertz CT molecular complexity index is 309. The highest BCUT2D eigenvalue weighted by Crippen LogP contribution is 2.32. The molecule has 0 bridgehead atoms. The fourth-order valence-corrected chi connectivity index (χ4v) is 2.29. The highest BCUT2D eigenvalue weighted by Gasteiger charge is 2.23. The van der Waals surface area contributed by atoms with E-state index in [1.54, 1.807) is 0 Å². The second kappa shape index (κ2) is 5.93. The smallest absolute Gasteiger partial charge is 0.117 e.